The lowest BCUT2D eigenvalue weighted by Crippen LogP contribution is -2.50. The summed E-state index contributed by atoms with van der Waals surface area (Å²) >= 11 is 0. The predicted octanol–water partition coefficient (Wildman–Crippen LogP) is 3.55. The molecule has 1 aromatic rings. The minimum absolute atomic E-state index is 0.0146. The molecular formula is C19H28FN3O. The minimum Gasteiger partial charge on any atom is -0.335 e. The average Bonchev–Trinajstić information content (AvgIpc) is 3.42. The molecule has 1 atom stereocenters. The number of likely N-dealkylation sites (tertiary alicyclic amines) is 1. The van der Waals surface area contributed by atoms with Gasteiger partial charge in [-0.25, -0.2) is 9.18 Å². The SMILES string of the molecule is CCN(C(=O)NC1CCN(C2CC2)CC1)C(C)c1ccc(F)cc1. The van der Waals surface area contributed by atoms with E-state index in [4.69, 9.17) is 0 Å². The van der Waals surface area contributed by atoms with E-state index in [2.05, 4.69) is 10.2 Å². The van der Waals surface area contributed by atoms with Crippen molar-refractivity contribution >= 4 is 6.03 Å². The molecule has 0 aromatic heterocycles. The van der Waals surface area contributed by atoms with Gasteiger partial charge in [-0.2, -0.15) is 0 Å². The summed E-state index contributed by atoms with van der Waals surface area (Å²) in [6, 6.07) is 7.40. The van der Waals surface area contributed by atoms with Crippen molar-refractivity contribution in [1.82, 2.24) is 15.1 Å². The quantitative estimate of drug-likeness (QED) is 0.894. The highest BCUT2D eigenvalue weighted by Crippen LogP contribution is 2.29. The third-order valence-electron chi connectivity index (χ3n) is 5.34. The number of urea groups is 1. The summed E-state index contributed by atoms with van der Waals surface area (Å²) in [5.74, 6) is -0.249. The molecule has 3 rings (SSSR count). The smallest absolute Gasteiger partial charge is 0.318 e. The molecule has 1 saturated carbocycles. The maximum atomic E-state index is 13.1. The number of carbonyl (C=O) groups is 1. The Hall–Kier alpha value is -1.62. The van der Waals surface area contributed by atoms with Gasteiger partial charge in [-0.3, -0.25) is 0 Å². The fourth-order valence-corrected chi connectivity index (χ4v) is 3.62. The molecule has 0 bridgehead atoms. The van der Waals surface area contributed by atoms with Crippen LogP contribution < -0.4 is 5.32 Å². The van der Waals surface area contributed by atoms with Gasteiger partial charge in [0, 0.05) is 31.7 Å². The van der Waals surface area contributed by atoms with Crippen molar-refractivity contribution in [3.8, 4) is 0 Å². The number of hydrogen-bond donors (Lipinski definition) is 1. The first-order chi connectivity index (χ1) is 11.6. The number of piperidine rings is 1. The van der Waals surface area contributed by atoms with Crippen LogP contribution in [0.1, 0.15) is 51.1 Å². The van der Waals surface area contributed by atoms with Gasteiger partial charge < -0.3 is 15.1 Å². The van der Waals surface area contributed by atoms with Gasteiger partial charge in [0.05, 0.1) is 6.04 Å². The molecule has 1 N–H and O–H groups in total. The van der Waals surface area contributed by atoms with Crippen LogP contribution in [0.3, 0.4) is 0 Å². The van der Waals surface area contributed by atoms with Crippen LogP contribution in [0.15, 0.2) is 24.3 Å². The molecule has 24 heavy (non-hydrogen) atoms. The van der Waals surface area contributed by atoms with Crippen LogP contribution in [-0.2, 0) is 0 Å². The van der Waals surface area contributed by atoms with Crippen LogP contribution >= 0.6 is 0 Å². The highest BCUT2D eigenvalue weighted by atomic mass is 19.1. The summed E-state index contributed by atoms with van der Waals surface area (Å²) in [7, 11) is 0. The molecule has 1 aliphatic carbocycles. The van der Waals surface area contributed by atoms with E-state index in [1.54, 1.807) is 12.1 Å². The number of benzene rings is 1. The van der Waals surface area contributed by atoms with Gasteiger partial charge in [-0.1, -0.05) is 12.1 Å². The number of nitrogens with one attached hydrogen (secondary N) is 1. The summed E-state index contributed by atoms with van der Waals surface area (Å²) < 4.78 is 13.1. The molecule has 1 aromatic carbocycles. The minimum atomic E-state index is -0.249. The first-order valence-electron chi connectivity index (χ1n) is 9.15. The van der Waals surface area contributed by atoms with Gasteiger partial charge in [-0.05, 0) is 57.2 Å². The van der Waals surface area contributed by atoms with Crippen molar-refractivity contribution in [3.63, 3.8) is 0 Å². The first-order valence-corrected chi connectivity index (χ1v) is 9.15. The Bertz CT molecular complexity index is 550. The van der Waals surface area contributed by atoms with Crippen molar-refractivity contribution in [1.29, 1.82) is 0 Å². The maximum Gasteiger partial charge on any atom is 0.318 e. The fourth-order valence-electron chi connectivity index (χ4n) is 3.62. The van der Waals surface area contributed by atoms with E-state index in [1.165, 1.54) is 25.0 Å². The Morgan fingerprint density at radius 1 is 1.25 bits per heavy atom. The van der Waals surface area contributed by atoms with E-state index in [0.717, 1.165) is 37.5 Å². The molecule has 1 unspecified atom stereocenters. The second-order valence-corrected chi connectivity index (χ2v) is 7.00. The van der Waals surface area contributed by atoms with Gasteiger partial charge in [0.2, 0.25) is 0 Å². The molecule has 5 heteroatoms. The molecule has 0 radical (unpaired) electrons. The lowest BCUT2D eigenvalue weighted by molar-refractivity contribution is 0.159. The van der Waals surface area contributed by atoms with Crippen LogP contribution in [0, 0.1) is 5.82 Å². The average molecular weight is 333 g/mol. The maximum absolute atomic E-state index is 13.1. The van der Waals surface area contributed by atoms with Gasteiger partial charge in [0.1, 0.15) is 5.82 Å². The lowest BCUT2D eigenvalue weighted by Gasteiger charge is -2.35. The normalized spacial score (nSPS) is 20.6. The highest BCUT2D eigenvalue weighted by molar-refractivity contribution is 5.75. The number of hydrogen-bond acceptors (Lipinski definition) is 2. The van der Waals surface area contributed by atoms with E-state index in [0.29, 0.717) is 6.54 Å². The number of halogens is 1. The Kier molecular flexibility index (Phi) is 5.39. The zero-order chi connectivity index (χ0) is 17.1. The number of carbonyl (C=O) groups excluding carboxylic acids is 1. The van der Waals surface area contributed by atoms with E-state index in [1.807, 2.05) is 18.7 Å². The van der Waals surface area contributed by atoms with E-state index < -0.39 is 0 Å². The second kappa shape index (κ2) is 7.51. The van der Waals surface area contributed by atoms with Crippen molar-refractivity contribution in [2.24, 2.45) is 0 Å². The molecule has 1 saturated heterocycles. The molecule has 2 amide bonds. The highest BCUT2D eigenvalue weighted by Gasteiger charge is 2.32. The van der Waals surface area contributed by atoms with Crippen LogP contribution in [0.5, 0.6) is 0 Å². The lowest BCUT2D eigenvalue weighted by atomic mass is 10.0. The summed E-state index contributed by atoms with van der Waals surface area (Å²) in [6.07, 6.45) is 4.75. The van der Waals surface area contributed by atoms with Crippen LogP contribution in [0.25, 0.3) is 0 Å². The third kappa shape index (κ3) is 4.07. The molecule has 2 fully saturated rings. The predicted molar refractivity (Wildman–Crippen MR) is 93.3 cm³/mol. The molecule has 4 nitrogen and oxygen atoms in total. The summed E-state index contributed by atoms with van der Waals surface area (Å²) in [5, 5.41) is 3.20. The van der Waals surface area contributed by atoms with Crippen LogP contribution in [0.2, 0.25) is 0 Å². The topological polar surface area (TPSA) is 35.6 Å². The first kappa shape index (κ1) is 17.2. The monoisotopic (exact) mass is 333 g/mol. The van der Waals surface area contributed by atoms with Gasteiger partial charge in [-0.15, -0.1) is 0 Å². The summed E-state index contributed by atoms with van der Waals surface area (Å²) in [6.45, 7) is 6.79. The Morgan fingerprint density at radius 2 is 1.88 bits per heavy atom. The van der Waals surface area contributed by atoms with E-state index in [-0.39, 0.29) is 23.9 Å². The third-order valence-corrected chi connectivity index (χ3v) is 5.34. The second-order valence-electron chi connectivity index (χ2n) is 7.00. The Labute approximate surface area is 144 Å². The Morgan fingerprint density at radius 3 is 2.42 bits per heavy atom. The van der Waals surface area contributed by atoms with Crippen molar-refractivity contribution in [3.05, 3.63) is 35.6 Å². The molecule has 132 valence electrons. The molecule has 1 aliphatic heterocycles. The van der Waals surface area contributed by atoms with Gasteiger partial charge in [0.15, 0.2) is 0 Å². The molecule has 0 spiro atoms. The largest absolute Gasteiger partial charge is 0.335 e. The zero-order valence-electron chi connectivity index (χ0n) is 14.7. The fraction of sp³-hybridized carbons (Fsp3) is 0.632. The van der Waals surface area contributed by atoms with Crippen molar-refractivity contribution in [2.75, 3.05) is 19.6 Å². The molecule has 1 heterocycles. The van der Waals surface area contributed by atoms with E-state index >= 15 is 0 Å². The van der Waals surface area contributed by atoms with Crippen LogP contribution in [0.4, 0.5) is 9.18 Å². The van der Waals surface area contributed by atoms with E-state index in [9.17, 15) is 9.18 Å². The number of rotatable bonds is 5. The van der Waals surface area contributed by atoms with Gasteiger partial charge >= 0.3 is 6.03 Å². The zero-order valence-corrected chi connectivity index (χ0v) is 14.7. The summed E-state index contributed by atoms with van der Waals surface area (Å²) in [5.41, 5.74) is 0.956. The number of amides is 2. The summed E-state index contributed by atoms with van der Waals surface area (Å²) in [4.78, 5) is 17.1. The van der Waals surface area contributed by atoms with Gasteiger partial charge in [0.25, 0.3) is 0 Å². The van der Waals surface area contributed by atoms with Crippen molar-refractivity contribution in [2.45, 2.75) is 57.7 Å². The standard InChI is InChI=1S/C19H28FN3O/c1-3-23(14(2)15-4-6-16(20)7-5-15)19(24)21-17-10-12-22(13-11-17)18-8-9-18/h4-7,14,17-18H,3,8-13H2,1-2H3,(H,21,24). The molecular weight excluding hydrogens is 305 g/mol. The molecule has 2 aliphatic rings. The number of nitrogens with zero attached hydrogens (tertiary/aromatic N) is 2. The van der Waals surface area contributed by atoms with Crippen molar-refractivity contribution < 1.29 is 9.18 Å². The Balaban J connectivity index is 1.54. The van der Waals surface area contributed by atoms with Crippen LogP contribution in [-0.4, -0.2) is 47.5 Å².